The molecule has 0 aromatic rings. The fraction of sp³-hybridized carbons (Fsp3) is 0.909. The summed E-state index contributed by atoms with van der Waals surface area (Å²) in [6, 6.07) is 0. The van der Waals surface area contributed by atoms with E-state index in [-0.39, 0.29) is 0 Å². The average molecular weight is 232 g/mol. The van der Waals surface area contributed by atoms with Crippen molar-refractivity contribution >= 4 is 17.3 Å². The Morgan fingerprint density at radius 1 is 1.47 bits per heavy atom. The minimum Gasteiger partial charge on any atom is -0.382 e. The van der Waals surface area contributed by atoms with E-state index in [1.165, 1.54) is 0 Å². The Kier molecular flexibility index (Phi) is 8.71. The first-order chi connectivity index (χ1) is 7.07. The minimum absolute atomic E-state index is 0.637. The zero-order chi connectivity index (χ0) is 11.7. The molecule has 1 N–H and O–H groups in total. The van der Waals surface area contributed by atoms with Crippen LogP contribution in [0.15, 0.2) is 0 Å². The van der Waals surface area contributed by atoms with Gasteiger partial charge in [-0.25, -0.2) is 0 Å². The zero-order valence-electron chi connectivity index (χ0n) is 10.4. The van der Waals surface area contributed by atoms with Crippen LogP contribution >= 0.6 is 12.2 Å². The molecular weight excluding hydrogens is 208 g/mol. The summed E-state index contributed by atoms with van der Waals surface area (Å²) in [5, 5.41) is 4.06. The molecule has 0 fully saturated rings. The molecule has 90 valence electrons. The molecule has 15 heavy (non-hydrogen) atoms. The van der Waals surface area contributed by atoms with Crippen molar-refractivity contribution in [2.45, 2.75) is 27.2 Å². The van der Waals surface area contributed by atoms with E-state index in [4.69, 9.17) is 17.0 Å². The number of ether oxygens (including phenoxy) is 1. The SMILES string of the molecule is CCOCCCNC(=S)N(C)CC(C)C. The second kappa shape index (κ2) is 8.92. The molecule has 0 aliphatic heterocycles. The van der Waals surface area contributed by atoms with Gasteiger partial charge in [0, 0.05) is 33.4 Å². The van der Waals surface area contributed by atoms with Crippen LogP contribution in [0.1, 0.15) is 27.2 Å². The largest absolute Gasteiger partial charge is 0.382 e. The number of rotatable bonds is 7. The maximum atomic E-state index is 5.25. The van der Waals surface area contributed by atoms with Crippen LogP contribution in [0, 0.1) is 5.92 Å². The van der Waals surface area contributed by atoms with Gasteiger partial charge in [-0.2, -0.15) is 0 Å². The van der Waals surface area contributed by atoms with Gasteiger partial charge in [0.2, 0.25) is 0 Å². The molecule has 3 nitrogen and oxygen atoms in total. The van der Waals surface area contributed by atoms with Gasteiger partial charge in [0.25, 0.3) is 0 Å². The van der Waals surface area contributed by atoms with Gasteiger partial charge >= 0.3 is 0 Å². The van der Waals surface area contributed by atoms with Gasteiger partial charge in [-0.1, -0.05) is 13.8 Å². The molecule has 0 aliphatic carbocycles. The summed E-state index contributed by atoms with van der Waals surface area (Å²) in [7, 11) is 2.03. The first kappa shape index (κ1) is 14.6. The number of nitrogens with one attached hydrogen (secondary N) is 1. The van der Waals surface area contributed by atoms with Gasteiger partial charge in [-0.15, -0.1) is 0 Å². The molecule has 0 atom stereocenters. The third kappa shape index (κ3) is 8.63. The molecule has 0 rings (SSSR count). The zero-order valence-corrected chi connectivity index (χ0v) is 11.2. The lowest BCUT2D eigenvalue weighted by atomic mass is 10.2. The molecule has 0 amide bonds. The lowest BCUT2D eigenvalue weighted by molar-refractivity contribution is 0.145. The van der Waals surface area contributed by atoms with Crippen LogP contribution < -0.4 is 5.32 Å². The van der Waals surface area contributed by atoms with Crippen molar-refractivity contribution in [3.63, 3.8) is 0 Å². The molecule has 4 heteroatoms. The predicted molar refractivity (Wildman–Crippen MR) is 69.2 cm³/mol. The smallest absolute Gasteiger partial charge is 0.168 e. The van der Waals surface area contributed by atoms with Crippen LogP contribution in [0.5, 0.6) is 0 Å². The van der Waals surface area contributed by atoms with E-state index in [2.05, 4.69) is 24.1 Å². The van der Waals surface area contributed by atoms with E-state index in [1.54, 1.807) is 0 Å². The number of nitrogens with zero attached hydrogens (tertiary/aromatic N) is 1. The standard InChI is InChI=1S/C11H24N2OS/c1-5-14-8-6-7-12-11(15)13(4)9-10(2)3/h10H,5-9H2,1-4H3,(H,12,15). The third-order valence-corrected chi connectivity index (χ3v) is 2.39. The fourth-order valence-electron chi connectivity index (χ4n) is 1.28. The second-order valence-corrected chi connectivity index (χ2v) is 4.44. The lowest BCUT2D eigenvalue weighted by Crippen LogP contribution is -2.39. The number of thiocarbonyl (C=S) groups is 1. The van der Waals surface area contributed by atoms with Crippen LogP contribution in [-0.4, -0.2) is 43.4 Å². The molecule has 0 spiro atoms. The molecular formula is C11H24N2OS. The summed E-state index contributed by atoms with van der Waals surface area (Å²) in [6.07, 6.45) is 1.00. The molecule has 0 aliphatic rings. The van der Waals surface area contributed by atoms with Crippen molar-refractivity contribution < 1.29 is 4.74 Å². The molecule has 0 bridgehead atoms. The lowest BCUT2D eigenvalue weighted by Gasteiger charge is -2.22. The van der Waals surface area contributed by atoms with Crippen LogP contribution in [0.4, 0.5) is 0 Å². The predicted octanol–water partition coefficient (Wildman–Crippen LogP) is 1.88. The maximum Gasteiger partial charge on any atom is 0.168 e. The summed E-state index contributed by atoms with van der Waals surface area (Å²) in [6.45, 7) is 9.87. The highest BCUT2D eigenvalue weighted by Crippen LogP contribution is 1.96. The Balaban J connectivity index is 3.47. The normalized spacial score (nSPS) is 10.5. The first-order valence-electron chi connectivity index (χ1n) is 5.64. The molecule has 0 unspecified atom stereocenters. The molecule has 0 saturated heterocycles. The summed E-state index contributed by atoms with van der Waals surface area (Å²) in [5.74, 6) is 0.637. The second-order valence-electron chi connectivity index (χ2n) is 4.06. The van der Waals surface area contributed by atoms with Crippen molar-refractivity contribution in [3.8, 4) is 0 Å². The van der Waals surface area contributed by atoms with E-state index in [0.29, 0.717) is 5.92 Å². The van der Waals surface area contributed by atoms with Crippen molar-refractivity contribution in [2.75, 3.05) is 33.4 Å². The van der Waals surface area contributed by atoms with Gasteiger partial charge in [0.15, 0.2) is 5.11 Å². The highest BCUT2D eigenvalue weighted by Gasteiger charge is 2.04. The summed E-state index contributed by atoms with van der Waals surface area (Å²) < 4.78 is 5.24. The quantitative estimate of drug-likeness (QED) is 0.535. The summed E-state index contributed by atoms with van der Waals surface area (Å²) in [5.41, 5.74) is 0. The minimum atomic E-state index is 0.637. The molecule has 0 aromatic heterocycles. The van der Waals surface area contributed by atoms with Gasteiger partial charge in [-0.05, 0) is 31.5 Å². The summed E-state index contributed by atoms with van der Waals surface area (Å²) in [4.78, 5) is 2.08. The first-order valence-corrected chi connectivity index (χ1v) is 6.05. The molecule has 0 aromatic carbocycles. The molecule has 0 saturated carbocycles. The third-order valence-electron chi connectivity index (χ3n) is 1.93. The van der Waals surface area contributed by atoms with Gasteiger partial charge in [0.05, 0.1) is 0 Å². The number of hydrogen-bond donors (Lipinski definition) is 1. The van der Waals surface area contributed by atoms with Crippen LogP contribution in [0.2, 0.25) is 0 Å². The Morgan fingerprint density at radius 2 is 2.13 bits per heavy atom. The van der Waals surface area contributed by atoms with Crippen LogP contribution in [0.3, 0.4) is 0 Å². The summed E-state index contributed by atoms with van der Waals surface area (Å²) >= 11 is 5.25. The maximum absolute atomic E-state index is 5.25. The van der Waals surface area contributed by atoms with E-state index in [0.717, 1.165) is 37.8 Å². The van der Waals surface area contributed by atoms with Gasteiger partial charge < -0.3 is 15.0 Å². The Labute approximate surface area is 99.2 Å². The monoisotopic (exact) mass is 232 g/mol. The van der Waals surface area contributed by atoms with Gasteiger partial charge in [-0.3, -0.25) is 0 Å². The van der Waals surface area contributed by atoms with Gasteiger partial charge in [0.1, 0.15) is 0 Å². The fourth-order valence-corrected chi connectivity index (χ4v) is 1.46. The van der Waals surface area contributed by atoms with Crippen LogP contribution in [0.25, 0.3) is 0 Å². The Bertz CT molecular complexity index is 174. The van der Waals surface area contributed by atoms with Crippen molar-refractivity contribution in [2.24, 2.45) is 5.92 Å². The van der Waals surface area contributed by atoms with E-state index < -0.39 is 0 Å². The average Bonchev–Trinajstić information content (AvgIpc) is 2.16. The highest BCUT2D eigenvalue weighted by molar-refractivity contribution is 7.80. The van der Waals surface area contributed by atoms with Crippen molar-refractivity contribution in [1.29, 1.82) is 0 Å². The van der Waals surface area contributed by atoms with Crippen LogP contribution in [-0.2, 0) is 4.74 Å². The Hall–Kier alpha value is -0.350. The van der Waals surface area contributed by atoms with Crippen molar-refractivity contribution in [1.82, 2.24) is 10.2 Å². The van der Waals surface area contributed by atoms with E-state index in [9.17, 15) is 0 Å². The Morgan fingerprint density at radius 3 is 2.67 bits per heavy atom. The molecule has 0 radical (unpaired) electrons. The van der Waals surface area contributed by atoms with E-state index in [1.807, 2.05) is 14.0 Å². The number of hydrogen-bond acceptors (Lipinski definition) is 2. The topological polar surface area (TPSA) is 24.5 Å². The van der Waals surface area contributed by atoms with E-state index >= 15 is 0 Å². The highest BCUT2D eigenvalue weighted by atomic mass is 32.1. The van der Waals surface area contributed by atoms with Crippen molar-refractivity contribution in [3.05, 3.63) is 0 Å². The molecule has 0 heterocycles.